The average Bonchev–Trinajstić information content (AvgIpc) is 2.93. The molecule has 1 saturated carbocycles. The lowest BCUT2D eigenvalue weighted by Crippen LogP contribution is -2.69. The standard InChI is InChI=1S/C19H19F6N3O3/c20-18(21,22)13-8-4-7-12(9-13)14(29)26-17(19(23,24)25)15(30)28(16(31)27-17)10-11-5-2-1-3-6-11/h4,7-9,11H,1-3,5-6,10H2,(H,26,29)(H,27,31)/t17-/m1/s1. The summed E-state index contributed by atoms with van der Waals surface area (Å²) in [5, 5.41) is 2.92. The van der Waals surface area contributed by atoms with Crippen LogP contribution < -0.4 is 10.6 Å². The molecule has 1 aliphatic carbocycles. The van der Waals surface area contributed by atoms with E-state index in [1.54, 1.807) is 0 Å². The summed E-state index contributed by atoms with van der Waals surface area (Å²) in [6.07, 6.45) is -6.36. The molecule has 12 heteroatoms. The van der Waals surface area contributed by atoms with Gasteiger partial charge in [0.2, 0.25) is 0 Å². The minimum absolute atomic E-state index is 0.161. The van der Waals surface area contributed by atoms with Gasteiger partial charge >= 0.3 is 18.4 Å². The Hall–Kier alpha value is -2.79. The lowest BCUT2D eigenvalue weighted by atomic mass is 9.89. The fourth-order valence-electron chi connectivity index (χ4n) is 3.80. The molecular formula is C19H19F6N3O3. The quantitative estimate of drug-likeness (QED) is 0.540. The zero-order chi connectivity index (χ0) is 23.0. The van der Waals surface area contributed by atoms with E-state index in [0.29, 0.717) is 29.9 Å². The van der Waals surface area contributed by atoms with Crippen LogP contribution in [0.1, 0.15) is 48.0 Å². The van der Waals surface area contributed by atoms with Crippen molar-refractivity contribution in [3.8, 4) is 0 Å². The number of amides is 4. The van der Waals surface area contributed by atoms with Crippen LogP contribution in [0.15, 0.2) is 24.3 Å². The van der Waals surface area contributed by atoms with E-state index in [1.807, 2.05) is 0 Å². The van der Waals surface area contributed by atoms with Gasteiger partial charge in [0.25, 0.3) is 17.5 Å². The molecule has 6 nitrogen and oxygen atoms in total. The minimum Gasteiger partial charge on any atom is -0.314 e. The van der Waals surface area contributed by atoms with Gasteiger partial charge in [-0.05, 0) is 37.0 Å². The Morgan fingerprint density at radius 1 is 1.10 bits per heavy atom. The maximum Gasteiger partial charge on any atom is 0.440 e. The number of hydrogen-bond donors (Lipinski definition) is 2. The first-order valence-electron chi connectivity index (χ1n) is 9.56. The molecule has 0 spiro atoms. The number of benzene rings is 1. The van der Waals surface area contributed by atoms with Crippen molar-refractivity contribution < 1.29 is 40.7 Å². The Bertz CT molecular complexity index is 879. The SMILES string of the molecule is O=C(N[C@@]1(C(F)(F)F)NC(=O)N(CC2CCCCC2)C1=O)c1cccc(C(F)(F)F)c1. The van der Waals surface area contributed by atoms with Crippen LogP contribution in [0.3, 0.4) is 0 Å². The van der Waals surface area contributed by atoms with Crippen LogP contribution >= 0.6 is 0 Å². The van der Waals surface area contributed by atoms with Crippen molar-refractivity contribution in [1.82, 2.24) is 15.5 Å². The molecule has 0 unspecified atom stereocenters. The number of hydrogen-bond acceptors (Lipinski definition) is 3. The smallest absolute Gasteiger partial charge is 0.314 e. The predicted molar refractivity (Wildman–Crippen MR) is 94.5 cm³/mol. The van der Waals surface area contributed by atoms with Gasteiger partial charge in [-0.2, -0.15) is 26.3 Å². The molecule has 1 aromatic rings. The van der Waals surface area contributed by atoms with E-state index in [4.69, 9.17) is 0 Å². The molecule has 170 valence electrons. The summed E-state index contributed by atoms with van der Waals surface area (Å²) < 4.78 is 80.2. The maximum atomic E-state index is 13.9. The highest BCUT2D eigenvalue weighted by molar-refractivity contribution is 6.10. The maximum absolute atomic E-state index is 13.9. The van der Waals surface area contributed by atoms with Crippen molar-refractivity contribution >= 4 is 17.8 Å². The molecule has 1 aliphatic heterocycles. The second kappa shape index (κ2) is 8.04. The molecule has 31 heavy (non-hydrogen) atoms. The van der Waals surface area contributed by atoms with Crippen molar-refractivity contribution in [3.63, 3.8) is 0 Å². The number of nitrogens with one attached hydrogen (secondary N) is 2. The van der Waals surface area contributed by atoms with Gasteiger partial charge in [0.1, 0.15) is 0 Å². The van der Waals surface area contributed by atoms with Crippen LogP contribution in [0.5, 0.6) is 0 Å². The monoisotopic (exact) mass is 451 g/mol. The first-order chi connectivity index (χ1) is 14.3. The number of urea groups is 1. The summed E-state index contributed by atoms with van der Waals surface area (Å²) in [6, 6.07) is 1.40. The normalized spacial score (nSPS) is 23.1. The summed E-state index contributed by atoms with van der Waals surface area (Å²) in [5.74, 6) is -3.46. The summed E-state index contributed by atoms with van der Waals surface area (Å²) in [6.45, 7) is -0.234. The second-order valence-electron chi connectivity index (χ2n) is 7.63. The van der Waals surface area contributed by atoms with Gasteiger partial charge < -0.3 is 5.32 Å². The molecule has 1 saturated heterocycles. The molecule has 0 bridgehead atoms. The molecule has 0 radical (unpaired) electrons. The lowest BCUT2D eigenvalue weighted by Gasteiger charge is -2.30. The molecule has 0 aromatic heterocycles. The Morgan fingerprint density at radius 3 is 2.32 bits per heavy atom. The first kappa shape index (κ1) is 22.9. The molecule has 1 heterocycles. The van der Waals surface area contributed by atoms with Crippen LogP contribution in [0.4, 0.5) is 31.1 Å². The largest absolute Gasteiger partial charge is 0.440 e. The second-order valence-corrected chi connectivity index (χ2v) is 7.63. The highest BCUT2D eigenvalue weighted by Gasteiger charge is 2.68. The molecule has 1 aromatic carbocycles. The van der Waals surface area contributed by atoms with E-state index in [0.717, 1.165) is 31.4 Å². The molecule has 2 N–H and O–H groups in total. The zero-order valence-corrected chi connectivity index (χ0v) is 16.1. The fraction of sp³-hybridized carbons (Fsp3) is 0.526. The third kappa shape index (κ3) is 4.47. The minimum atomic E-state index is -5.43. The van der Waals surface area contributed by atoms with Crippen LogP contribution in [-0.4, -0.2) is 41.1 Å². The van der Waals surface area contributed by atoms with Crippen molar-refractivity contribution in [1.29, 1.82) is 0 Å². The summed E-state index contributed by atoms with van der Waals surface area (Å²) >= 11 is 0. The van der Waals surface area contributed by atoms with Gasteiger partial charge in [0.15, 0.2) is 0 Å². The Labute approximate surface area is 173 Å². The van der Waals surface area contributed by atoms with Crippen LogP contribution in [-0.2, 0) is 11.0 Å². The number of halogens is 6. The van der Waals surface area contributed by atoms with Crippen LogP contribution in [0.2, 0.25) is 0 Å². The molecule has 2 aliphatic rings. The molecule has 4 amide bonds. The van der Waals surface area contributed by atoms with Gasteiger partial charge in [-0.3, -0.25) is 19.8 Å². The predicted octanol–water partition coefficient (Wildman–Crippen LogP) is 3.83. The topological polar surface area (TPSA) is 78.5 Å². The van der Waals surface area contributed by atoms with Crippen molar-refractivity contribution in [2.24, 2.45) is 5.92 Å². The molecule has 3 rings (SSSR count). The van der Waals surface area contributed by atoms with Crippen molar-refractivity contribution in [3.05, 3.63) is 35.4 Å². The van der Waals surface area contributed by atoms with E-state index >= 15 is 0 Å². The number of carbonyl (C=O) groups is 3. The summed E-state index contributed by atoms with van der Waals surface area (Å²) in [7, 11) is 0. The van der Waals surface area contributed by atoms with Crippen molar-refractivity contribution in [2.75, 3.05) is 6.54 Å². The number of nitrogens with zero attached hydrogens (tertiary/aromatic N) is 1. The molecule has 2 fully saturated rings. The Balaban J connectivity index is 1.87. The van der Waals surface area contributed by atoms with Crippen LogP contribution in [0, 0.1) is 5.92 Å². The van der Waals surface area contributed by atoms with E-state index in [9.17, 15) is 40.7 Å². The highest BCUT2D eigenvalue weighted by atomic mass is 19.4. The third-order valence-corrected chi connectivity index (χ3v) is 5.45. The first-order valence-corrected chi connectivity index (χ1v) is 9.56. The van der Waals surface area contributed by atoms with Gasteiger partial charge in [0, 0.05) is 12.1 Å². The Morgan fingerprint density at radius 2 is 1.74 bits per heavy atom. The Kier molecular flexibility index (Phi) is 5.94. The van der Waals surface area contributed by atoms with E-state index in [2.05, 4.69) is 0 Å². The highest BCUT2D eigenvalue weighted by Crippen LogP contribution is 2.36. The molecular weight excluding hydrogens is 432 g/mol. The lowest BCUT2D eigenvalue weighted by molar-refractivity contribution is -0.200. The number of carbonyl (C=O) groups excluding carboxylic acids is 3. The van der Waals surface area contributed by atoms with Gasteiger partial charge in [-0.1, -0.05) is 25.3 Å². The number of rotatable bonds is 4. The molecule has 1 atom stereocenters. The number of alkyl halides is 6. The van der Waals surface area contributed by atoms with Gasteiger partial charge in [-0.25, -0.2) is 4.79 Å². The van der Waals surface area contributed by atoms with E-state index in [1.165, 1.54) is 10.6 Å². The average molecular weight is 451 g/mol. The third-order valence-electron chi connectivity index (χ3n) is 5.45. The van der Waals surface area contributed by atoms with E-state index in [-0.39, 0.29) is 12.5 Å². The zero-order valence-electron chi connectivity index (χ0n) is 16.1. The van der Waals surface area contributed by atoms with Crippen molar-refractivity contribution in [2.45, 2.75) is 50.1 Å². The fourth-order valence-corrected chi connectivity index (χ4v) is 3.80. The van der Waals surface area contributed by atoms with Gasteiger partial charge in [0.05, 0.1) is 5.56 Å². The van der Waals surface area contributed by atoms with Gasteiger partial charge in [-0.15, -0.1) is 0 Å². The summed E-state index contributed by atoms with van der Waals surface area (Å²) in [5.41, 5.74) is -5.75. The number of imide groups is 1. The van der Waals surface area contributed by atoms with Crippen LogP contribution in [0.25, 0.3) is 0 Å². The summed E-state index contributed by atoms with van der Waals surface area (Å²) in [4.78, 5) is 37.7. The van der Waals surface area contributed by atoms with E-state index < -0.39 is 47.0 Å².